The molecule has 0 saturated carbocycles. The lowest BCUT2D eigenvalue weighted by molar-refractivity contribution is 0.277. The predicted octanol–water partition coefficient (Wildman–Crippen LogP) is 3.47. The molecule has 4 nitrogen and oxygen atoms in total. The van der Waals surface area contributed by atoms with E-state index in [-0.39, 0.29) is 6.61 Å². The lowest BCUT2D eigenvalue weighted by Crippen LogP contribution is -2.02. The Morgan fingerprint density at radius 3 is 2.79 bits per heavy atom. The predicted molar refractivity (Wildman–Crippen MR) is 78.0 cm³/mol. The molecule has 104 valence electrons. The molecule has 2 rings (SSSR count). The van der Waals surface area contributed by atoms with Crippen LogP contribution in [0.1, 0.15) is 44.7 Å². The standard InChI is InChI=1S/C14H21N3OS/c1-2-3-4-5-6-9-17-14(12(11-18)15-16-17)13-8-7-10-19-13/h7-8,10,18H,2-6,9,11H2,1H3. The van der Waals surface area contributed by atoms with Crippen LogP contribution in [0, 0.1) is 0 Å². The second-order valence-electron chi connectivity index (χ2n) is 4.66. The summed E-state index contributed by atoms with van der Waals surface area (Å²) in [5.41, 5.74) is 1.66. The molecular weight excluding hydrogens is 258 g/mol. The highest BCUT2D eigenvalue weighted by Gasteiger charge is 2.14. The van der Waals surface area contributed by atoms with Crippen LogP contribution in [0.2, 0.25) is 0 Å². The first-order chi connectivity index (χ1) is 9.36. The van der Waals surface area contributed by atoms with Gasteiger partial charge in [-0.25, -0.2) is 4.68 Å². The van der Waals surface area contributed by atoms with Gasteiger partial charge in [0.15, 0.2) is 0 Å². The van der Waals surface area contributed by atoms with Gasteiger partial charge in [-0.3, -0.25) is 0 Å². The van der Waals surface area contributed by atoms with Crippen LogP contribution in [0.4, 0.5) is 0 Å². The largest absolute Gasteiger partial charge is 0.390 e. The average Bonchev–Trinajstić information content (AvgIpc) is 3.06. The van der Waals surface area contributed by atoms with Crippen LogP contribution in [-0.2, 0) is 13.2 Å². The Hall–Kier alpha value is -1.20. The average molecular weight is 279 g/mol. The summed E-state index contributed by atoms with van der Waals surface area (Å²) in [5, 5.41) is 19.6. The first-order valence-electron chi connectivity index (χ1n) is 6.94. The Labute approximate surface area is 118 Å². The number of unbranched alkanes of at least 4 members (excludes halogenated alkanes) is 4. The molecule has 0 unspecified atom stereocenters. The summed E-state index contributed by atoms with van der Waals surface area (Å²) >= 11 is 1.66. The fourth-order valence-corrected chi connectivity index (χ4v) is 2.96. The maximum Gasteiger partial charge on any atom is 0.117 e. The summed E-state index contributed by atoms with van der Waals surface area (Å²) in [6.45, 7) is 3.05. The molecule has 0 amide bonds. The van der Waals surface area contributed by atoms with Crippen molar-refractivity contribution in [2.75, 3.05) is 0 Å². The Balaban J connectivity index is 2.02. The van der Waals surface area contributed by atoms with E-state index in [1.165, 1.54) is 25.7 Å². The van der Waals surface area contributed by atoms with Crippen LogP contribution in [-0.4, -0.2) is 20.1 Å². The van der Waals surface area contributed by atoms with Gasteiger partial charge in [-0.2, -0.15) is 0 Å². The molecule has 0 fully saturated rings. The second-order valence-corrected chi connectivity index (χ2v) is 5.61. The number of rotatable bonds is 8. The summed E-state index contributed by atoms with van der Waals surface area (Å²) in [6.07, 6.45) is 6.19. The molecule has 2 heterocycles. The molecule has 0 aliphatic heterocycles. The minimum absolute atomic E-state index is 0.0525. The molecule has 2 aromatic heterocycles. The number of aryl methyl sites for hydroxylation is 1. The van der Waals surface area contributed by atoms with Crippen LogP contribution in [0.5, 0.6) is 0 Å². The minimum Gasteiger partial charge on any atom is -0.390 e. The van der Waals surface area contributed by atoms with Gasteiger partial charge in [0.1, 0.15) is 11.4 Å². The number of nitrogens with zero attached hydrogens (tertiary/aromatic N) is 3. The number of hydrogen-bond acceptors (Lipinski definition) is 4. The maximum absolute atomic E-state index is 9.36. The number of aromatic nitrogens is 3. The van der Waals surface area contributed by atoms with Crippen molar-refractivity contribution in [2.45, 2.75) is 52.2 Å². The van der Waals surface area contributed by atoms with Crippen molar-refractivity contribution in [1.82, 2.24) is 15.0 Å². The van der Waals surface area contributed by atoms with Crippen molar-refractivity contribution in [3.05, 3.63) is 23.2 Å². The van der Waals surface area contributed by atoms with Crippen LogP contribution in [0.25, 0.3) is 10.6 Å². The summed E-state index contributed by atoms with van der Waals surface area (Å²) in [6, 6.07) is 4.07. The number of hydrogen-bond donors (Lipinski definition) is 1. The van der Waals surface area contributed by atoms with E-state index in [9.17, 15) is 5.11 Å². The lowest BCUT2D eigenvalue weighted by Gasteiger charge is -2.05. The van der Waals surface area contributed by atoms with Crippen LogP contribution in [0.3, 0.4) is 0 Å². The maximum atomic E-state index is 9.36. The Morgan fingerprint density at radius 2 is 2.11 bits per heavy atom. The van der Waals surface area contributed by atoms with Gasteiger partial charge >= 0.3 is 0 Å². The van der Waals surface area contributed by atoms with E-state index >= 15 is 0 Å². The number of aliphatic hydroxyl groups is 1. The normalized spacial score (nSPS) is 11.1. The molecule has 0 radical (unpaired) electrons. The highest BCUT2D eigenvalue weighted by atomic mass is 32.1. The quantitative estimate of drug-likeness (QED) is 0.753. The van der Waals surface area contributed by atoms with Gasteiger partial charge in [0.25, 0.3) is 0 Å². The molecule has 0 saturated heterocycles. The van der Waals surface area contributed by atoms with Gasteiger partial charge in [0.05, 0.1) is 11.5 Å². The zero-order chi connectivity index (χ0) is 13.5. The van der Waals surface area contributed by atoms with Crippen LogP contribution in [0.15, 0.2) is 17.5 Å². The highest BCUT2D eigenvalue weighted by molar-refractivity contribution is 7.13. The van der Waals surface area contributed by atoms with Gasteiger partial charge in [-0.1, -0.05) is 43.9 Å². The van der Waals surface area contributed by atoms with Gasteiger partial charge < -0.3 is 5.11 Å². The van der Waals surface area contributed by atoms with Gasteiger partial charge in [-0.15, -0.1) is 16.4 Å². The minimum atomic E-state index is -0.0525. The molecule has 19 heavy (non-hydrogen) atoms. The fourth-order valence-electron chi connectivity index (χ4n) is 2.16. The van der Waals surface area contributed by atoms with Crippen molar-refractivity contribution in [1.29, 1.82) is 0 Å². The van der Waals surface area contributed by atoms with E-state index in [0.29, 0.717) is 5.69 Å². The molecule has 0 aliphatic rings. The third kappa shape index (κ3) is 3.64. The van der Waals surface area contributed by atoms with Crippen molar-refractivity contribution >= 4 is 11.3 Å². The second kappa shape index (κ2) is 7.40. The van der Waals surface area contributed by atoms with Crippen molar-refractivity contribution < 1.29 is 5.11 Å². The first kappa shape index (κ1) is 14.2. The topological polar surface area (TPSA) is 50.9 Å². The SMILES string of the molecule is CCCCCCCn1nnc(CO)c1-c1cccs1. The molecule has 5 heteroatoms. The van der Waals surface area contributed by atoms with E-state index in [0.717, 1.165) is 23.5 Å². The Kier molecular flexibility index (Phi) is 5.54. The van der Waals surface area contributed by atoms with E-state index in [1.54, 1.807) is 11.3 Å². The number of aliphatic hydroxyl groups excluding tert-OH is 1. The number of thiophene rings is 1. The van der Waals surface area contributed by atoms with Crippen LogP contribution < -0.4 is 0 Å². The molecule has 0 atom stereocenters. The molecule has 0 spiro atoms. The fraction of sp³-hybridized carbons (Fsp3) is 0.571. The van der Waals surface area contributed by atoms with E-state index in [4.69, 9.17) is 0 Å². The summed E-state index contributed by atoms with van der Waals surface area (Å²) < 4.78 is 1.93. The molecule has 0 aliphatic carbocycles. The lowest BCUT2D eigenvalue weighted by atomic mass is 10.1. The van der Waals surface area contributed by atoms with E-state index < -0.39 is 0 Å². The summed E-state index contributed by atoms with van der Waals surface area (Å²) in [4.78, 5) is 1.13. The molecule has 0 aromatic carbocycles. The van der Waals surface area contributed by atoms with Gasteiger partial charge in [0, 0.05) is 6.54 Å². The zero-order valence-electron chi connectivity index (χ0n) is 11.4. The van der Waals surface area contributed by atoms with Crippen molar-refractivity contribution in [2.24, 2.45) is 0 Å². The molecule has 1 N–H and O–H groups in total. The van der Waals surface area contributed by atoms with Crippen LogP contribution >= 0.6 is 11.3 Å². The van der Waals surface area contributed by atoms with E-state index in [2.05, 4.69) is 23.3 Å². The summed E-state index contributed by atoms with van der Waals surface area (Å²) in [5.74, 6) is 0. The van der Waals surface area contributed by atoms with Gasteiger partial charge in [-0.05, 0) is 17.9 Å². The molecular formula is C14H21N3OS. The molecule has 2 aromatic rings. The van der Waals surface area contributed by atoms with Gasteiger partial charge in [0.2, 0.25) is 0 Å². The third-order valence-electron chi connectivity index (χ3n) is 3.18. The monoisotopic (exact) mass is 279 g/mol. The third-order valence-corrected chi connectivity index (χ3v) is 4.06. The Bertz CT molecular complexity index is 479. The smallest absolute Gasteiger partial charge is 0.117 e. The van der Waals surface area contributed by atoms with Crippen molar-refractivity contribution in [3.8, 4) is 10.6 Å². The highest BCUT2D eigenvalue weighted by Crippen LogP contribution is 2.27. The van der Waals surface area contributed by atoms with E-state index in [1.807, 2.05) is 16.1 Å². The zero-order valence-corrected chi connectivity index (χ0v) is 12.2. The molecule has 0 bridgehead atoms. The Morgan fingerprint density at radius 1 is 1.26 bits per heavy atom. The summed E-state index contributed by atoms with van der Waals surface area (Å²) in [7, 11) is 0. The first-order valence-corrected chi connectivity index (χ1v) is 7.82. The van der Waals surface area contributed by atoms with Crippen molar-refractivity contribution in [3.63, 3.8) is 0 Å².